The van der Waals surface area contributed by atoms with Crippen LogP contribution in [0.1, 0.15) is 55.4 Å². The summed E-state index contributed by atoms with van der Waals surface area (Å²) in [5, 5.41) is 22.2. The van der Waals surface area contributed by atoms with Crippen LogP contribution in [-0.4, -0.2) is 24.7 Å². The number of hydrogen-bond donors (Lipinski definition) is 2. The van der Waals surface area contributed by atoms with Gasteiger partial charge in [-0.2, -0.15) is 0 Å². The average Bonchev–Trinajstić information content (AvgIpc) is 3.75. The molecular weight excluding hydrogens is 1010 g/mol. The molecule has 0 amide bonds. The van der Waals surface area contributed by atoms with Gasteiger partial charge >= 0.3 is 0 Å². The smallest absolute Gasteiger partial charge is 0.148 e. The quantitative estimate of drug-likeness (QED) is 0.141. The van der Waals surface area contributed by atoms with E-state index in [1.807, 2.05) is 126 Å². The Morgan fingerprint density at radius 1 is 0.529 bits per heavy atom. The molecule has 0 fully saturated rings. The minimum absolute atomic E-state index is 0. The van der Waals surface area contributed by atoms with Gasteiger partial charge in [-0.3, -0.25) is 9.55 Å². The van der Waals surface area contributed by atoms with Crippen molar-refractivity contribution in [2.24, 2.45) is 0 Å². The first kappa shape index (κ1) is 42.2. The first-order chi connectivity index (χ1) is 33.5. The fraction of sp³-hybridized carbons (Fsp3) is 0.129. The number of aryl methyl sites for hydroxylation is 1. The first-order valence-electron chi connectivity index (χ1n) is 24.1. The summed E-state index contributed by atoms with van der Waals surface area (Å²) in [7, 11) is 0. The van der Waals surface area contributed by atoms with Crippen LogP contribution in [0.3, 0.4) is 0 Å². The maximum atomic E-state index is 11.6. The van der Waals surface area contributed by atoms with Crippen LogP contribution in [0.5, 0.6) is 5.75 Å². The van der Waals surface area contributed by atoms with Gasteiger partial charge in [-0.1, -0.05) is 177 Å². The minimum Gasteiger partial charge on any atom is -0.507 e. The number of para-hydroxylation sites is 2. The second-order valence-corrected chi connectivity index (χ2v) is 18.7. The predicted molar refractivity (Wildman–Crippen MR) is 276 cm³/mol. The van der Waals surface area contributed by atoms with Crippen LogP contribution >= 0.6 is 0 Å². The summed E-state index contributed by atoms with van der Waals surface area (Å²) in [6.45, 7) is 7.62. The molecule has 0 unspecified atom stereocenters. The number of rotatable bonds is 9. The van der Waals surface area contributed by atoms with E-state index in [9.17, 15) is 10.2 Å². The standard InChI is InChI=1S/C62H52N3O2.Pt/c1-40-34-57(54(39-53(40)43-18-11-8-12-19-43)44-26-28-49(29-27-44)61(2,3)4)65-56-22-15-21-51(59(56)64-60(65)52-20-13-14-23-58(52)66)47-35-46(41-16-9-7-10-17-41)36-48(37-47)55-38-45(32-33-63-55)42-24-30-50(31-25-42)62(5,6)67;/h7-36,38-39,66-67H,1-6H3;/q-1;/i1D3;. The number of benzene rings is 8. The van der Waals surface area contributed by atoms with Crippen molar-refractivity contribution in [3.8, 4) is 89.7 Å². The van der Waals surface area contributed by atoms with Crippen LogP contribution in [-0.2, 0) is 32.1 Å². The van der Waals surface area contributed by atoms with Crippen molar-refractivity contribution in [1.29, 1.82) is 0 Å². The molecule has 0 aliphatic heterocycles. The summed E-state index contributed by atoms with van der Waals surface area (Å²) in [4.78, 5) is 10.3. The van der Waals surface area contributed by atoms with Gasteiger partial charge in [-0.25, -0.2) is 4.98 Å². The molecule has 0 bridgehead atoms. The molecule has 2 aromatic heterocycles. The molecule has 8 aromatic carbocycles. The Hall–Kier alpha value is -7.17. The zero-order valence-corrected chi connectivity index (χ0v) is 40.8. The number of aromatic nitrogens is 3. The summed E-state index contributed by atoms with van der Waals surface area (Å²) in [6.07, 6.45) is 1.81. The third-order valence-electron chi connectivity index (χ3n) is 12.6. The first-order valence-corrected chi connectivity index (χ1v) is 22.6. The zero-order valence-electron chi connectivity index (χ0n) is 41.5. The summed E-state index contributed by atoms with van der Waals surface area (Å²) < 4.78 is 28.8. The van der Waals surface area contributed by atoms with Gasteiger partial charge in [0.05, 0.1) is 27.9 Å². The van der Waals surface area contributed by atoms with Gasteiger partial charge in [0.15, 0.2) is 0 Å². The number of pyridine rings is 1. The maximum absolute atomic E-state index is 11.6. The van der Waals surface area contributed by atoms with Gasteiger partial charge in [0, 0.05) is 42.6 Å². The van der Waals surface area contributed by atoms with Crippen LogP contribution in [0.15, 0.2) is 194 Å². The molecule has 10 aromatic rings. The largest absolute Gasteiger partial charge is 0.507 e. The number of imidazole rings is 1. The molecule has 0 aliphatic carbocycles. The van der Waals surface area contributed by atoms with Crippen molar-refractivity contribution < 1.29 is 35.4 Å². The maximum Gasteiger partial charge on any atom is 0.148 e. The number of hydrogen-bond acceptors (Lipinski definition) is 4. The molecule has 68 heavy (non-hydrogen) atoms. The topological polar surface area (TPSA) is 71.2 Å². The van der Waals surface area contributed by atoms with E-state index in [1.54, 1.807) is 32.0 Å². The SMILES string of the molecule is [2H]C([2H])([2H])c1cc(-n2c(-c3ccccc3O)nc3c(-c4[c-]c(-c5cc(-c6ccc(C(C)(C)O)cc6)ccn5)cc(-c5ccccc5)c4)cccc32)c(-c2ccc(C(C)(C)C)cc2)cc1-c1ccccc1.[Pt]. The fourth-order valence-corrected chi connectivity index (χ4v) is 8.89. The van der Waals surface area contributed by atoms with Gasteiger partial charge in [-0.05, 0) is 113 Å². The van der Waals surface area contributed by atoms with Gasteiger partial charge < -0.3 is 10.2 Å². The van der Waals surface area contributed by atoms with Crippen LogP contribution in [0.2, 0.25) is 0 Å². The van der Waals surface area contributed by atoms with E-state index in [2.05, 4.69) is 81.4 Å². The molecule has 0 saturated heterocycles. The van der Waals surface area contributed by atoms with Crippen LogP contribution in [0, 0.1) is 12.9 Å². The van der Waals surface area contributed by atoms with Gasteiger partial charge in [0.25, 0.3) is 0 Å². The van der Waals surface area contributed by atoms with E-state index in [-0.39, 0.29) is 37.8 Å². The average molecular weight is 1070 g/mol. The molecule has 10 rings (SSSR count). The second kappa shape index (κ2) is 18.5. The molecule has 0 atom stereocenters. The van der Waals surface area contributed by atoms with E-state index in [1.165, 1.54) is 5.56 Å². The van der Waals surface area contributed by atoms with E-state index < -0.39 is 12.5 Å². The normalized spacial score (nSPS) is 12.5. The second-order valence-electron chi connectivity index (χ2n) is 18.7. The predicted octanol–water partition coefficient (Wildman–Crippen LogP) is 15.4. The summed E-state index contributed by atoms with van der Waals surface area (Å²) in [6, 6.07) is 65.2. The zero-order chi connectivity index (χ0) is 49.0. The third kappa shape index (κ3) is 9.00. The number of phenolic OH excluding ortho intramolecular Hbond substituents is 1. The molecule has 0 saturated carbocycles. The summed E-state index contributed by atoms with van der Waals surface area (Å²) in [5.41, 5.74) is 13.7. The van der Waals surface area contributed by atoms with Crippen molar-refractivity contribution >= 4 is 11.0 Å². The number of nitrogens with zero attached hydrogens (tertiary/aromatic N) is 3. The number of aliphatic hydroxyl groups is 1. The van der Waals surface area contributed by atoms with Crippen molar-refractivity contribution in [1.82, 2.24) is 14.5 Å². The van der Waals surface area contributed by atoms with Gasteiger partial charge in [-0.15, -0.1) is 23.8 Å². The summed E-state index contributed by atoms with van der Waals surface area (Å²) >= 11 is 0. The molecule has 2 heterocycles. The third-order valence-corrected chi connectivity index (χ3v) is 12.6. The van der Waals surface area contributed by atoms with E-state index in [0.717, 1.165) is 66.9 Å². The minimum atomic E-state index is -2.49. The Morgan fingerprint density at radius 3 is 1.81 bits per heavy atom. The Labute approximate surface area is 418 Å². The van der Waals surface area contributed by atoms with Crippen molar-refractivity contribution in [3.05, 3.63) is 217 Å². The van der Waals surface area contributed by atoms with E-state index >= 15 is 0 Å². The fourth-order valence-electron chi connectivity index (χ4n) is 8.89. The molecule has 0 aliphatic rings. The van der Waals surface area contributed by atoms with E-state index in [0.29, 0.717) is 33.7 Å². The molecule has 5 nitrogen and oxygen atoms in total. The van der Waals surface area contributed by atoms with Crippen LogP contribution in [0.25, 0.3) is 95.0 Å². The Bertz CT molecular complexity index is 3540. The van der Waals surface area contributed by atoms with Gasteiger partial charge in [0.2, 0.25) is 0 Å². The van der Waals surface area contributed by atoms with Crippen molar-refractivity contribution in [3.63, 3.8) is 0 Å². The molecule has 6 heteroatoms. The Morgan fingerprint density at radius 2 is 1.13 bits per heavy atom. The van der Waals surface area contributed by atoms with Crippen molar-refractivity contribution in [2.45, 2.75) is 52.5 Å². The number of aromatic hydroxyl groups is 1. The number of fused-ring (bicyclic) bond motifs is 1. The van der Waals surface area contributed by atoms with Crippen molar-refractivity contribution in [2.75, 3.05) is 0 Å². The van der Waals surface area contributed by atoms with Gasteiger partial charge in [0.1, 0.15) is 11.6 Å². The Balaban J connectivity index is 0.00000624. The molecular formula is C62H52N3O2Pt-. The molecule has 0 spiro atoms. The van der Waals surface area contributed by atoms with Crippen LogP contribution in [0.4, 0.5) is 0 Å². The Kier molecular flexibility index (Phi) is 11.5. The summed E-state index contributed by atoms with van der Waals surface area (Å²) in [5.74, 6) is 0.482. The monoisotopic (exact) mass is 1070 g/mol. The number of phenols is 1. The molecule has 2 N–H and O–H groups in total. The molecule has 338 valence electrons. The van der Waals surface area contributed by atoms with Crippen LogP contribution < -0.4 is 0 Å². The van der Waals surface area contributed by atoms with E-state index in [4.69, 9.17) is 14.1 Å². The molecule has 0 radical (unpaired) electrons.